The molecular weight excluding hydrogens is 322 g/mol. The minimum atomic E-state index is -0.0383. The minimum Gasteiger partial charge on any atom is -0.416 e. The zero-order valence-electron chi connectivity index (χ0n) is 14.9. The molecule has 136 valence electrons. The molecule has 0 radical (unpaired) electrons. The molecule has 0 N–H and O–H groups in total. The Bertz CT molecular complexity index is 754. The monoisotopic (exact) mass is 347 g/mol. The number of carbonyl (C=O) groups is 1. The summed E-state index contributed by atoms with van der Waals surface area (Å²) in [4.78, 5) is 21.4. The van der Waals surface area contributed by atoms with Crippen molar-refractivity contribution in [1.82, 2.24) is 19.5 Å². The van der Waals surface area contributed by atoms with E-state index in [0.717, 1.165) is 44.7 Å². The zero-order chi connectivity index (χ0) is 17.4. The van der Waals surface area contributed by atoms with Crippen molar-refractivity contribution in [3.63, 3.8) is 0 Å². The lowest BCUT2D eigenvalue weighted by Crippen LogP contribution is -2.37. The van der Waals surface area contributed by atoms with Gasteiger partial charge in [0.1, 0.15) is 0 Å². The summed E-state index contributed by atoms with van der Waals surface area (Å²) in [7, 11) is 0. The van der Waals surface area contributed by atoms with E-state index in [9.17, 15) is 4.79 Å². The van der Waals surface area contributed by atoms with Crippen LogP contribution in [0, 0.1) is 0 Å². The molecule has 2 fully saturated rings. The number of nitrogens with zero attached hydrogens (tertiary/aromatic N) is 5. The fourth-order valence-electron chi connectivity index (χ4n) is 3.55. The Labute approximate surface area is 146 Å². The van der Waals surface area contributed by atoms with E-state index in [1.54, 1.807) is 4.52 Å². The molecule has 8 heteroatoms. The lowest BCUT2D eigenvalue weighted by Gasteiger charge is -2.26. The summed E-state index contributed by atoms with van der Waals surface area (Å²) in [5, 5.41) is 4.62. The van der Waals surface area contributed by atoms with Crippen LogP contribution in [-0.4, -0.2) is 64.8 Å². The predicted molar refractivity (Wildman–Crippen MR) is 92.1 cm³/mol. The summed E-state index contributed by atoms with van der Waals surface area (Å²) in [6, 6.07) is 0. The van der Waals surface area contributed by atoms with Crippen LogP contribution in [0.5, 0.6) is 0 Å². The van der Waals surface area contributed by atoms with Gasteiger partial charge in [0.05, 0.1) is 18.9 Å². The minimum absolute atomic E-state index is 0.0383. The smallest absolute Gasteiger partial charge is 0.327 e. The third-order valence-electron chi connectivity index (χ3n) is 4.90. The molecule has 0 spiro atoms. The third-order valence-corrected chi connectivity index (χ3v) is 4.90. The molecule has 0 atom stereocenters. The van der Waals surface area contributed by atoms with Gasteiger partial charge in [-0.05, 0) is 25.2 Å². The van der Waals surface area contributed by atoms with E-state index in [0.29, 0.717) is 30.8 Å². The second kappa shape index (κ2) is 6.67. The van der Waals surface area contributed by atoms with Crippen LogP contribution in [0.4, 0.5) is 5.95 Å². The number of morpholine rings is 1. The lowest BCUT2D eigenvalue weighted by atomic mass is 10.1. The molecule has 0 aromatic carbocycles. The predicted octanol–water partition coefficient (Wildman–Crippen LogP) is 1.91. The summed E-state index contributed by atoms with van der Waals surface area (Å²) in [6.45, 7) is 8.58. The van der Waals surface area contributed by atoms with Crippen LogP contribution in [0.2, 0.25) is 0 Å². The summed E-state index contributed by atoms with van der Waals surface area (Å²) in [5.74, 6) is 1.50. The molecule has 2 aliphatic rings. The first-order chi connectivity index (χ1) is 12.1. The molecule has 2 aromatic heterocycles. The van der Waals surface area contributed by atoms with Crippen LogP contribution < -0.4 is 4.90 Å². The average Bonchev–Trinajstić information content (AvgIpc) is 3.20. The number of ether oxygens (including phenoxy) is 1. The van der Waals surface area contributed by atoms with Crippen LogP contribution >= 0.6 is 0 Å². The molecule has 2 saturated heterocycles. The highest BCUT2D eigenvalue weighted by Crippen LogP contribution is 2.27. The van der Waals surface area contributed by atoms with Gasteiger partial charge in [0.25, 0.3) is 5.91 Å². The summed E-state index contributed by atoms with van der Waals surface area (Å²) in [6.07, 6.45) is 3.30. The third kappa shape index (κ3) is 2.99. The van der Waals surface area contributed by atoms with Gasteiger partial charge in [0.2, 0.25) is 11.7 Å². The number of amides is 1. The van der Waals surface area contributed by atoms with Gasteiger partial charge in [-0.1, -0.05) is 13.8 Å². The molecule has 0 aliphatic carbocycles. The number of hydrogen-bond acceptors (Lipinski definition) is 6. The Kier molecular flexibility index (Phi) is 4.37. The number of oxazole rings is 1. The van der Waals surface area contributed by atoms with E-state index in [1.807, 2.05) is 18.7 Å². The Morgan fingerprint density at radius 3 is 2.48 bits per heavy atom. The molecule has 0 unspecified atom stereocenters. The van der Waals surface area contributed by atoms with Crippen LogP contribution in [0.3, 0.4) is 0 Å². The van der Waals surface area contributed by atoms with Gasteiger partial charge in [-0.15, -0.1) is 5.10 Å². The number of anilines is 1. The lowest BCUT2D eigenvalue weighted by molar-refractivity contribution is 0.0692. The van der Waals surface area contributed by atoms with E-state index >= 15 is 0 Å². The fraction of sp³-hybridized carbons (Fsp3) is 0.706. The first kappa shape index (κ1) is 16.4. The maximum Gasteiger partial charge on any atom is 0.327 e. The highest BCUT2D eigenvalue weighted by molar-refractivity contribution is 5.93. The van der Waals surface area contributed by atoms with Crippen molar-refractivity contribution in [3.05, 3.63) is 11.5 Å². The van der Waals surface area contributed by atoms with Gasteiger partial charge in [-0.3, -0.25) is 4.79 Å². The van der Waals surface area contributed by atoms with Crippen molar-refractivity contribution in [2.75, 3.05) is 44.3 Å². The second-order valence-corrected chi connectivity index (χ2v) is 7.03. The molecular formula is C17H25N5O3. The van der Waals surface area contributed by atoms with Crippen molar-refractivity contribution < 1.29 is 13.9 Å². The van der Waals surface area contributed by atoms with Crippen molar-refractivity contribution in [3.8, 4) is 0 Å². The molecule has 0 bridgehead atoms. The maximum absolute atomic E-state index is 12.9. The van der Waals surface area contributed by atoms with Crippen LogP contribution in [0.25, 0.3) is 5.84 Å². The van der Waals surface area contributed by atoms with Crippen molar-refractivity contribution in [2.24, 2.45) is 0 Å². The molecule has 1 amide bonds. The molecule has 8 nitrogen and oxygen atoms in total. The van der Waals surface area contributed by atoms with Crippen molar-refractivity contribution >= 4 is 17.7 Å². The van der Waals surface area contributed by atoms with E-state index < -0.39 is 0 Å². The average molecular weight is 347 g/mol. The molecule has 2 aromatic rings. The Morgan fingerprint density at radius 1 is 1.08 bits per heavy atom. The first-order valence-electron chi connectivity index (χ1n) is 9.16. The SMILES string of the molecule is CC(C)c1c(C(=O)N2CCCCC2)oc2nc(N3CCOCC3)nn12. The van der Waals surface area contributed by atoms with E-state index in [2.05, 4.69) is 15.0 Å². The summed E-state index contributed by atoms with van der Waals surface area (Å²) >= 11 is 0. The van der Waals surface area contributed by atoms with E-state index in [4.69, 9.17) is 9.15 Å². The van der Waals surface area contributed by atoms with Crippen molar-refractivity contribution in [2.45, 2.75) is 39.0 Å². The fourth-order valence-corrected chi connectivity index (χ4v) is 3.55. The van der Waals surface area contributed by atoms with Crippen LogP contribution in [-0.2, 0) is 4.74 Å². The number of hydrogen-bond donors (Lipinski definition) is 0. The van der Waals surface area contributed by atoms with Gasteiger partial charge in [-0.25, -0.2) is 0 Å². The normalized spacial score (nSPS) is 19.2. The number of likely N-dealkylation sites (tertiary alicyclic amines) is 1. The summed E-state index contributed by atoms with van der Waals surface area (Å²) < 4.78 is 13.0. The van der Waals surface area contributed by atoms with Gasteiger partial charge >= 0.3 is 5.84 Å². The molecule has 2 aliphatic heterocycles. The Balaban J connectivity index is 1.68. The van der Waals surface area contributed by atoms with Crippen molar-refractivity contribution in [1.29, 1.82) is 0 Å². The zero-order valence-corrected chi connectivity index (χ0v) is 14.9. The Hall–Kier alpha value is -2.09. The standard InChI is InChI=1S/C17H25N5O3/c1-12(2)13-14(15(23)20-6-4-3-5-7-20)25-17-18-16(19-22(13)17)21-8-10-24-11-9-21/h12H,3-11H2,1-2H3. The highest BCUT2D eigenvalue weighted by Gasteiger charge is 2.30. The van der Waals surface area contributed by atoms with Gasteiger partial charge in [0.15, 0.2) is 0 Å². The van der Waals surface area contributed by atoms with Gasteiger partial charge in [0, 0.05) is 26.2 Å². The molecule has 4 heterocycles. The molecule has 25 heavy (non-hydrogen) atoms. The Morgan fingerprint density at radius 2 is 1.80 bits per heavy atom. The largest absolute Gasteiger partial charge is 0.416 e. The molecule has 0 saturated carbocycles. The van der Waals surface area contributed by atoms with Crippen LogP contribution in [0.15, 0.2) is 4.42 Å². The highest BCUT2D eigenvalue weighted by atomic mass is 16.5. The number of rotatable bonds is 3. The van der Waals surface area contributed by atoms with Gasteiger partial charge < -0.3 is 19.0 Å². The number of aromatic nitrogens is 3. The second-order valence-electron chi connectivity index (χ2n) is 7.03. The maximum atomic E-state index is 12.9. The molecule has 4 rings (SSSR count). The summed E-state index contributed by atoms with van der Waals surface area (Å²) in [5.41, 5.74) is 0.803. The van der Waals surface area contributed by atoms with E-state index in [-0.39, 0.29) is 11.8 Å². The van der Waals surface area contributed by atoms with Crippen LogP contribution in [0.1, 0.15) is 55.3 Å². The number of carbonyl (C=O) groups excluding carboxylic acids is 1. The quantitative estimate of drug-likeness (QED) is 0.844. The van der Waals surface area contributed by atoms with Gasteiger partial charge in [-0.2, -0.15) is 9.50 Å². The van der Waals surface area contributed by atoms with E-state index in [1.165, 1.54) is 6.42 Å². The number of piperidine rings is 1. The first-order valence-corrected chi connectivity index (χ1v) is 9.16. The number of fused-ring (bicyclic) bond motifs is 1. The topological polar surface area (TPSA) is 76.1 Å².